The number of aliphatic imine (C=N–C) groups is 1. The van der Waals surface area contributed by atoms with Crippen molar-refractivity contribution in [3.05, 3.63) is 57.2 Å². The van der Waals surface area contributed by atoms with Gasteiger partial charge >= 0.3 is 0 Å². The zero-order valence-corrected chi connectivity index (χ0v) is 15.0. The lowest BCUT2D eigenvalue weighted by molar-refractivity contribution is 0.811. The quantitative estimate of drug-likeness (QED) is 0.446. The van der Waals surface area contributed by atoms with E-state index in [2.05, 4.69) is 32.5 Å². The second-order valence-electron chi connectivity index (χ2n) is 4.00. The molecule has 0 aliphatic heterocycles. The van der Waals surface area contributed by atoms with E-state index < -0.39 is 0 Å². The molecule has 0 bridgehead atoms. The molecule has 0 saturated heterocycles. The van der Waals surface area contributed by atoms with Crippen molar-refractivity contribution in [2.45, 2.75) is 13.1 Å². The van der Waals surface area contributed by atoms with E-state index in [1.165, 1.54) is 5.56 Å². The van der Waals surface area contributed by atoms with Crippen LogP contribution in [-0.4, -0.2) is 13.0 Å². The zero-order valence-electron chi connectivity index (χ0n) is 11.1. The zero-order chi connectivity index (χ0) is 13.5. The molecule has 0 radical (unpaired) electrons. The highest BCUT2D eigenvalue weighted by Gasteiger charge is 2.01. The van der Waals surface area contributed by atoms with Crippen molar-refractivity contribution in [1.82, 2.24) is 10.6 Å². The van der Waals surface area contributed by atoms with E-state index in [1.807, 2.05) is 24.3 Å². The first kappa shape index (κ1) is 17.3. The summed E-state index contributed by atoms with van der Waals surface area (Å²) in [5, 5.41) is 11.5. The molecule has 3 nitrogen and oxygen atoms in total. The van der Waals surface area contributed by atoms with Gasteiger partial charge in [-0.15, -0.1) is 24.0 Å². The number of rotatable bonds is 4. The van der Waals surface area contributed by atoms with Crippen LogP contribution in [-0.2, 0) is 13.1 Å². The summed E-state index contributed by atoms with van der Waals surface area (Å²) < 4.78 is 0. The summed E-state index contributed by atoms with van der Waals surface area (Å²) in [4.78, 5) is 4.19. The Morgan fingerprint density at radius 2 is 1.95 bits per heavy atom. The van der Waals surface area contributed by atoms with Crippen LogP contribution in [0.2, 0.25) is 5.02 Å². The Morgan fingerprint density at radius 3 is 2.60 bits per heavy atom. The molecule has 0 aliphatic carbocycles. The number of thiophene rings is 1. The van der Waals surface area contributed by atoms with Crippen molar-refractivity contribution in [2.75, 3.05) is 7.05 Å². The molecule has 2 aromatic rings. The Bertz CT molecular complexity index is 543. The molecule has 6 heteroatoms. The van der Waals surface area contributed by atoms with Crippen molar-refractivity contribution in [3.8, 4) is 0 Å². The summed E-state index contributed by atoms with van der Waals surface area (Å²) in [7, 11) is 1.76. The van der Waals surface area contributed by atoms with Crippen molar-refractivity contribution in [2.24, 2.45) is 4.99 Å². The topological polar surface area (TPSA) is 36.4 Å². The number of nitrogens with one attached hydrogen (secondary N) is 2. The lowest BCUT2D eigenvalue weighted by atomic mass is 10.2. The maximum absolute atomic E-state index is 6.11. The highest BCUT2D eigenvalue weighted by Crippen LogP contribution is 2.14. The smallest absolute Gasteiger partial charge is 0.191 e. The van der Waals surface area contributed by atoms with E-state index in [9.17, 15) is 0 Å². The molecule has 1 heterocycles. The normalized spacial score (nSPS) is 10.8. The molecule has 0 spiro atoms. The van der Waals surface area contributed by atoms with E-state index in [0.717, 1.165) is 23.1 Å². The molecule has 2 N–H and O–H groups in total. The molecule has 0 saturated carbocycles. The number of benzene rings is 1. The van der Waals surface area contributed by atoms with Gasteiger partial charge in [-0.1, -0.05) is 29.8 Å². The van der Waals surface area contributed by atoms with Gasteiger partial charge in [0.1, 0.15) is 0 Å². The average molecular weight is 422 g/mol. The van der Waals surface area contributed by atoms with Crippen molar-refractivity contribution < 1.29 is 0 Å². The average Bonchev–Trinajstić information content (AvgIpc) is 2.94. The maximum Gasteiger partial charge on any atom is 0.191 e. The fourth-order valence-electron chi connectivity index (χ4n) is 1.62. The van der Waals surface area contributed by atoms with Gasteiger partial charge < -0.3 is 10.6 Å². The molecule has 0 atom stereocenters. The minimum absolute atomic E-state index is 0. The van der Waals surface area contributed by atoms with Crippen LogP contribution in [0.15, 0.2) is 46.1 Å². The fraction of sp³-hybridized carbons (Fsp3) is 0.214. The monoisotopic (exact) mass is 421 g/mol. The van der Waals surface area contributed by atoms with Crippen LogP contribution < -0.4 is 10.6 Å². The van der Waals surface area contributed by atoms with Crippen LogP contribution in [0.4, 0.5) is 0 Å². The van der Waals surface area contributed by atoms with Crippen molar-refractivity contribution in [1.29, 1.82) is 0 Å². The lowest BCUT2D eigenvalue weighted by Crippen LogP contribution is -2.36. The first-order valence-corrected chi connectivity index (χ1v) is 7.30. The van der Waals surface area contributed by atoms with Gasteiger partial charge in [-0.2, -0.15) is 11.3 Å². The van der Waals surface area contributed by atoms with Gasteiger partial charge in [0.15, 0.2) is 5.96 Å². The van der Waals surface area contributed by atoms with E-state index in [0.29, 0.717) is 6.54 Å². The fourth-order valence-corrected chi connectivity index (χ4v) is 2.49. The van der Waals surface area contributed by atoms with Gasteiger partial charge in [0, 0.05) is 25.2 Å². The molecule has 0 unspecified atom stereocenters. The Morgan fingerprint density at radius 1 is 1.20 bits per heavy atom. The summed E-state index contributed by atoms with van der Waals surface area (Å²) in [6.45, 7) is 1.43. The highest BCUT2D eigenvalue weighted by molar-refractivity contribution is 14.0. The SMILES string of the molecule is CN=C(NCc1ccsc1)NCc1ccccc1Cl.I. The molecule has 2 rings (SSSR count). The molecule has 0 fully saturated rings. The molecule has 20 heavy (non-hydrogen) atoms. The predicted octanol–water partition coefficient (Wildman–Crippen LogP) is 3.88. The van der Waals surface area contributed by atoms with Gasteiger partial charge in [-0.25, -0.2) is 0 Å². The van der Waals surface area contributed by atoms with Gasteiger partial charge in [0.05, 0.1) is 0 Å². The van der Waals surface area contributed by atoms with Gasteiger partial charge in [0.2, 0.25) is 0 Å². The number of hydrogen-bond donors (Lipinski definition) is 2. The molecule has 0 amide bonds. The van der Waals surface area contributed by atoms with Gasteiger partial charge in [0.25, 0.3) is 0 Å². The van der Waals surface area contributed by atoms with Crippen molar-refractivity contribution in [3.63, 3.8) is 0 Å². The van der Waals surface area contributed by atoms with E-state index in [1.54, 1.807) is 18.4 Å². The third-order valence-corrected chi connectivity index (χ3v) is 3.77. The first-order chi connectivity index (χ1) is 9.29. The molecular formula is C14H17ClIN3S. The number of nitrogens with zero attached hydrogens (tertiary/aromatic N) is 1. The Kier molecular flexibility index (Phi) is 7.94. The minimum Gasteiger partial charge on any atom is -0.352 e. The van der Waals surface area contributed by atoms with Crippen LogP contribution in [0.1, 0.15) is 11.1 Å². The summed E-state index contributed by atoms with van der Waals surface area (Å²) in [6.07, 6.45) is 0. The van der Waals surface area contributed by atoms with Crippen LogP contribution in [0.5, 0.6) is 0 Å². The van der Waals surface area contributed by atoms with Crippen LogP contribution in [0.3, 0.4) is 0 Å². The largest absolute Gasteiger partial charge is 0.352 e. The summed E-state index contributed by atoms with van der Waals surface area (Å²) in [5.74, 6) is 0.770. The Hall–Kier alpha value is -0.790. The van der Waals surface area contributed by atoms with E-state index in [4.69, 9.17) is 11.6 Å². The lowest BCUT2D eigenvalue weighted by Gasteiger charge is -2.12. The van der Waals surface area contributed by atoms with Crippen LogP contribution >= 0.6 is 46.9 Å². The number of hydrogen-bond acceptors (Lipinski definition) is 2. The number of guanidine groups is 1. The molecular weight excluding hydrogens is 405 g/mol. The van der Waals surface area contributed by atoms with Gasteiger partial charge in [-0.3, -0.25) is 4.99 Å². The maximum atomic E-state index is 6.11. The predicted molar refractivity (Wildman–Crippen MR) is 98.2 cm³/mol. The third-order valence-electron chi connectivity index (χ3n) is 2.67. The van der Waals surface area contributed by atoms with E-state index in [-0.39, 0.29) is 24.0 Å². The summed E-state index contributed by atoms with van der Waals surface area (Å²) in [6, 6.07) is 9.89. The third kappa shape index (κ3) is 5.30. The molecule has 1 aromatic carbocycles. The Balaban J connectivity index is 0.00000200. The highest BCUT2D eigenvalue weighted by atomic mass is 127. The number of halogens is 2. The first-order valence-electron chi connectivity index (χ1n) is 5.98. The van der Waals surface area contributed by atoms with E-state index >= 15 is 0 Å². The second kappa shape index (κ2) is 9.20. The Labute approximate surface area is 145 Å². The van der Waals surface area contributed by atoms with Crippen LogP contribution in [0, 0.1) is 0 Å². The standard InChI is InChI=1S/C14H16ClN3S.HI/c1-16-14(17-8-11-6-7-19-10-11)18-9-12-4-2-3-5-13(12)15;/h2-7,10H,8-9H2,1H3,(H2,16,17,18);1H. The second-order valence-corrected chi connectivity index (χ2v) is 5.19. The minimum atomic E-state index is 0. The molecule has 108 valence electrons. The van der Waals surface area contributed by atoms with Crippen LogP contribution in [0.25, 0.3) is 0 Å². The summed E-state index contributed by atoms with van der Waals surface area (Å²) in [5.41, 5.74) is 2.31. The molecule has 0 aliphatic rings. The summed E-state index contributed by atoms with van der Waals surface area (Å²) >= 11 is 7.80. The van der Waals surface area contributed by atoms with Crippen molar-refractivity contribution >= 4 is 52.9 Å². The molecule has 1 aromatic heterocycles. The van der Waals surface area contributed by atoms with Gasteiger partial charge in [-0.05, 0) is 34.0 Å².